The van der Waals surface area contributed by atoms with Crippen LogP contribution in [0.3, 0.4) is 0 Å². The lowest BCUT2D eigenvalue weighted by molar-refractivity contribution is 0.159. The van der Waals surface area contributed by atoms with Crippen LogP contribution in [0.2, 0.25) is 0 Å². The number of halogens is 1. The molecule has 0 aliphatic carbocycles. The maximum Gasteiger partial charge on any atom is 0.123 e. The summed E-state index contributed by atoms with van der Waals surface area (Å²) in [6.07, 6.45) is 4.08. The van der Waals surface area contributed by atoms with E-state index in [0.29, 0.717) is 12.1 Å². The van der Waals surface area contributed by atoms with Gasteiger partial charge in [-0.15, -0.1) is 0 Å². The molecule has 4 rings (SSSR count). The largest absolute Gasteiger partial charge is 0.387 e. The number of hydrogen-bond donors (Lipinski definition) is 1. The first-order chi connectivity index (χ1) is 14.5. The predicted octanol–water partition coefficient (Wildman–Crippen LogP) is 5.26. The summed E-state index contributed by atoms with van der Waals surface area (Å²) < 4.78 is 15.2. The Morgan fingerprint density at radius 2 is 1.73 bits per heavy atom. The summed E-state index contributed by atoms with van der Waals surface area (Å²) in [6, 6.07) is 18.4. The monoisotopic (exact) mass is 401 g/mol. The van der Waals surface area contributed by atoms with Gasteiger partial charge in [-0.25, -0.2) is 4.39 Å². The van der Waals surface area contributed by atoms with Crippen molar-refractivity contribution in [3.05, 3.63) is 95.7 Å². The smallest absolute Gasteiger partial charge is 0.123 e. The van der Waals surface area contributed by atoms with Crippen LogP contribution in [0.4, 0.5) is 4.39 Å². The number of nitrogens with zero attached hydrogens (tertiary/aromatic N) is 3. The SMILES string of the molecule is Cc1cccc(CCC(O)c2c(-c3ccncc3)c(-c3ccc(F)cc3)nn2C)c1. The van der Waals surface area contributed by atoms with Crippen LogP contribution in [0.5, 0.6) is 0 Å². The molecule has 30 heavy (non-hydrogen) atoms. The highest BCUT2D eigenvalue weighted by Crippen LogP contribution is 2.38. The van der Waals surface area contributed by atoms with Crippen LogP contribution in [-0.4, -0.2) is 19.9 Å². The van der Waals surface area contributed by atoms with Crippen LogP contribution >= 0.6 is 0 Å². The van der Waals surface area contributed by atoms with Gasteiger partial charge in [0.05, 0.1) is 11.8 Å². The van der Waals surface area contributed by atoms with E-state index in [0.717, 1.165) is 28.8 Å². The molecule has 2 aromatic heterocycles. The molecule has 2 aromatic carbocycles. The first kappa shape index (κ1) is 20.0. The molecule has 0 amide bonds. The van der Waals surface area contributed by atoms with Crippen molar-refractivity contribution in [2.75, 3.05) is 0 Å². The topological polar surface area (TPSA) is 50.9 Å². The third-order valence-corrected chi connectivity index (χ3v) is 5.28. The van der Waals surface area contributed by atoms with Crippen molar-refractivity contribution < 1.29 is 9.50 Å². The Hall–Kier alpha value is -3.31. The van der Waals surface area contributed by atoms with E-state index in [-0.39, 0.29) is 5.82 Å². The van der Waals surface area contributed by atoms with E-state index in [2.05, 4.69) is 30.1 Å². The van der Waals surface area contributed by atoms with Crippen LogP contribution in [-0.2, 0) is 13.5 Å². The van der Waals surface area contributed by atoms with Crippen molar-refractivity contribution in [2.24, 2.45) is 7.05 Å². The zero-order chi connectivity index (χ0) is 21.1. The van der Waals surface area contributed by atoms with Crippen molar-refractivity contribution >= 4 is 0 Å². The Morgan fingerprint density at radius 1 is 1.00 bits per heavy atom. The summed E-state index contributed by atoms with van der Waals surface area (Å²) in [6.45, 7) is 2.07. The van der Waals surface area contributed by atoms with Gasteiger partial charge in [-0.1, -0.05) is 29.8 Å². The Morgan fingerprint density at radius 3 is 2.43 bits per heavy atom. The van der Waals surface area contributed by atoms with Crippen LogP contribution < -0.4 is 0 Å². The van der Waals surface area contributed by atoms with E-state index in [1.807, 2.05) is 25.2 Å². The standard InChI is InChI=1S/C25H24FN3O/c1-17-4-3-5-18(16-17)6-11-22(30)25-23(19-12-14-27-15-13-19)24(28-29(25)2)20-7-9-21(26)10-8-20/h3-5,7-10,12-16,22,30H,6,11H2,1-2H3. The minimum absolute atomic E-state index is 0.293. The molecule has 4 aromatic rings. The molecule has 0 fully saturated rings. The molecule has 0 saturated heterocycles. The van der Waals surface area contributed by atoms with E-state index in [9.17, 15) is 9.50 Å². The molecule has 1 N–H and O–H groups in total. The van der Waals surface area contributed by atoms with Gasteiger partial charge in [-0.05, 0) is 67.3 Å². The molecule has 0 radical (unpaired) electrons. The summed E-state index contributed by atoms with van der Waals surface area (Å²) in [5.74, 6) is -0.293. The van der Waals surface area contributed by atoms with E-state index in [4.69, 9.17) is 5.10 Å². The van der Waals surface area contributed by atoms with Crippen LogP contribution in [0.15, 0.2) is 73.1 Å². The van der Waals surface area contributed by atoms with E-state index >= 15 is 0 Å². The van der Waals surface area contributed by atoms with Gasteiger partial charge < -0.3 is 5.11 Å². The fraction of sp³-hybridized carbons (Fsp3) is 0.200. The lowest BCUT2D eigenvalue weighted by atomic mass is 9.95. The fourth-order valence-electron chi connectivity index (χ4n) is 3.84. The minimum Gasteiger partial charge on any atom is -0.387 e. The van der Waals surface area contributed by atoms with Crippen LogP contribution in [0, 0.1) is 12.7 Å². The molecule has 2 heterocycles. The summed E-state index contributed by atoms with van der Waals surface area (Å²) in [5.41, 5.74) is 6.43. The summed E-state index contributed by atoms with van der Waals surface area (Å²) in [4.78, 5) is 4.11. The molecule has 0 spiro atoms. The quantitative estimate of drug-likeness (QED) is 0.479. The average molecular weight is 401 g/mol. The third kappa shape index (κ3) is 4.16. The number of aryl methyl sites for hydroxylation is 3. The molecule has 0 saturated carbocycles. The summed E-state index contributed by atoms with van der Waals surface area (Å²) in [7, 11) is 1.84. The molecule has 152 valence electrons. The van der Waals surface area contributed by atoms with Crippen molar-refractivity contribution in [1.82, 2.24) is 14.8 Å². The number of rotatable bonds is 6. The Bertz CT molecular complexity index is 1140. The highest BCUT2D eigenvalue weighted by atomic mass is 19.1. The first-order valence-electron chi connectivity index (χ1n) is 10.00. The highest BCUT2D eigenvalue weighted by molar-refractivity contribution is 5.82. The van der Waals surface area contributed by atoms with Crippen molar-refractivity contribution in [3.8, 4) is 22.4 Å². The molecular formula is C25H24FN3O. The van der Waals surface area contributed by atoms with Crippen molar-refractivity contribution in [3.63, 3.8) is 0 Å². The lowest BCUT2D eigenvalue weighted by Gasteiger charge is -2.15. The molecule has 0 aliphatic heterocycles. The van der Waals surface area contributed by atoms with E-state index in [1.54, 1.807) is 29.2 Å². The third-order valence-electron chi connectivity index (χ3n) is 5.28. The van der Waals surface area contributed by atoms with Gasteiger partial charge in [0.25, 0.3) is 0 Å². The summed E-state index contributed by atoms with van der Waals surface area (Å²) >= 11 is 0. The van der Waals surface area contributed by atoms with Crippen LogP contribution in [0.25, 0.3) is 22.4 Å². The average Bonchev–Trinajstić information content (AvgIpc) is 3.10. The normalized spacial score (nSPS) is 12.1. The number of hydrogen-bond acceptors (Lipinski definition) is 3. The van der Waals surface area contributed by atoms with Crippen molar-refractivity contribution in [1.29, 1.82) is 0 Å². The molecule has 1 atom stereocenters. The molecule has 4 nitrogen and oxygen atoms in total. The first-order valence-corrected chi connectivity index (χ1v) is 10.00. The minimum atomic E-state index is -0.694. The molecule has 0 bridgehead atoms. The molecule has 1 unspecified atom stereocenters. The molecule has 0 aliphatic rings. The van der Waals surface area contributed by atoms with Gasteiger partial charge in [-0.2, -0.15) is 5.10 Å². The Labute approximate surface area is 175 Å². The second-order valence-electron chi connectivity index (χ2n) is 7.52. The van der Waals surface area contributed by atoms with Crippen molar-refractivity contribution in [2.45, 2.75) is 25.9 Å². The lowest BCUT2D eigenvalue weighted by Crippen LogP contribution is -2.08. The molecular weight excluding hydrogens is 377 g/mol. The number of pyridine rings is 1. The van der Waals surface area contributed by atoms with E-state index in [1.165, 1.54) is 23.3 Å². The van der Waals surface area contributed by atoms with Gasteiger partial charge >= 0.3 is 0 Å². The Balaban J connectivity index is 1.74. The van der Waals surface area contributed by atoms with Gasteiger partial charge in [0.2, 0.25) is 0 Å². The van der Waals surface area contributed by atoms with Gasteiger partial charge in [0.1, 0.15) is 11.5 Å². The molecule has 5 heteroatoms. The number of aromatic nitrogens is 3. The highest BCUT2D eigenvalue weighted by Gasteiger charge is 2.24. The zero-order valence-electron chi connectivity index (χ0n) is 17.1. The number of benzene rings is 2. The van der Waals surface area contributed by atoms with Crippen LogP contribution in [0.1, 0.15) is 29.3 Å². The Kier molecular flexibility index (Phi) is 5.72. The van der Waals surface area contributed by atoms with Gasteiger partial charge in [-0.3, -0.25) is 9.67 Å². The second-order valence-corrected chi connectivity index (χ2v) is 7.52. The fourth-order valence-corrected chi connectivity index (χ4v) is 3.84. The maximum atomic E-state index is 13.5. The second kappa shape index (κ2) is 8.59. The summed E-state index contributed by atoms with van der Waals surface area (Å²) in [5, 5.41) is 15.8. The zero-order valence-corrected chi connectivity index (χ0v) is 17.1. The number of aliphatic hydroxyl groups is 1. The van der Waals surface area contributed by atoms with Gasteiger partial charge in [0, 0.05) is 30.6 Å². The maximum absolute atomic E-state index is 13.5. The van der Waals surface area contributed by atoms with E-state index < -0.39 is 6.10 Å². The predicted molar refractivity (Wildman–Crippen MR) is 116 cm³/mol. The number of aliphatic hydroxyl groups excluding tert-OH is 1. The van der Waals surface area contributed by atoms with Gasteiger partial charge in [0.15, 0.2) is 0 Å².